The third-order valence-corrected chi connectivity index (χ3v) is 2.61. The van der Waals surface area contributed by atoms with Gasteiger partial charge in [0.25, 0.3) is 0 Å². The number of nitrogens with zero attached hydrogens (tertiary/aromatic N) is 2. The lowest BCUT2D eigenvalue weighted by atomic mass is 10.2. The maximum Gasteiger partial charge on any atom is 0.0963 e. The molecule has 1 aromatic heterocycles. The van der Waals surface area contributed by atoms with Gasteiger partial charge in [0.15, 0.2) is 0 Å². The van der Waals surface area contributed by atoms with Crippen LogP contribution >= 0.6 is 0 Å². The molecule has 0 amide bonds. The molecule has 0 saturated heterocycles. The second-order valence-corrected chi connectivity index (χ2v) is 3.66. The average molecular weight is 186 g/mol. The van der Waals surface area contributed by atoms with E-state index in [0.717, 1.165) is 11.1 Å². The van der Waals surface area contributed by atoms with Gasteiger partial charge in [0.2, 0.25) is 0 Å². The Bertz CT molecular complexity index is 468. The van der Waals surface area contributed by atoms with Crippen LogP contribution in [0, 0.1) is 0 Å². The monoisotopic (exact) mass is 186 g/mol. The van der Waals surface area contributed by atoms with Crippen LogP contribution in [0.2, 0.25) is 0 Å². The lowest BCUT2D eigenvalue weighted by Gasteiger charge is -2.13. The lowest BCUT2D eigenvalue weighted by molar-refractivity contribution is 0.646. The molecule has 72 valence electrons. The first kappa shape index (κ1) is 9.00. The first-order valence-electron chi connectivity index (χ1n) is 4.77. The van der Waals surface area contributed by atoms with Crippen molar-refractivity contribution in [1.29, 1.82) is 0 Å². The molecule has 1 aromatic carbocycles. The molecular formula is C12H14N2. The molecule has 2 aromatic rings. The number of hydrogen-bond acceptors (Lipinski definition) is 1. The molecule has 0 aliphatic carbocycles. The van der Waals surface area contributed by atoms with Crippen LogP contribution in [0.1, 0.15) is 19.9 Å². The average Bonchev–Trinajstić information content (AvgIpc) is 2.60. The van der Waals surface area contributed by atoms with Crippen molar-refractivity contribution < 1.29 is 0 Å². The number of imidazole rings is 1. The number of hydrogen-bond donors (Lipinski definition) is 0. The topological polar surface area (TPSA) is 17.8 Å². The summed E-state index contributed by atoms with van der Waals surface area (Å²) in [6, 6.07) is 8.46. The number of allylic oxidation sites excluding steroid dienone is 1. The molecule has 14 heavy (non-hydrogen) atoms. The van der Waals surface area contributed by atoms with Crippen molar-refractivity contribution in [1.82, 2.24) is 9.55 Å². The highest BCUT2D eigenvalue weighted by Gasteiger charge is 2.08. The molecule has 1 unspecified atom stereocenters. The first-order valence-corrected chi connectivity index (χ1v) is 4.77. The van der Waals surface area contributed by atoms with Gasteiger partial charge in [-0.3, -0.25) is 0 Å². The molecule has 0 aliphatic heterocycles. The Kier molecular flexibility index (Phi) is 2.12. The Morgan fingerprint density at radius 3 is 2.86 bits per heavy atom. The second-order valence-electron chi connectivity index (χ2n) is 3.66. The molecule has 0 N–H and O–H groups in total. The predicted octanol–water partition coefficient (Wildman–Crippen LogP) is 3.17. The minimum atomic E-state index is 0.308. The molecule has 0 saturated carbocycles. The number of fused-ring (bicyclic) bond motifs is 1. The van der Waals surface area contributed by atoms with Gasteiger partial charge in [0.1, 0.15) is 0 Å². The molecule has 0 aliphatic rings. The quantitative estimate of drug-likeness (QED) is 0.659. The third kappa shape index (κ3) is 1.33. The fourth-order valence-electron chi connectivity index (χ4n) is 1.52. The van der Waals surface area contributed by atoms with E-state index in [0.29, 0.717) is 6.04 Å². The van der Waals surface area contributed by atoms with Gasteiger partial charge in [0.05, 0.1) is 23.4 Å². The maximum atomic E-state index is 4.34. The molecule has 0 fully saturated rings. The number of rotatable bonds is 2. The van der Waals surface area contributed by atoms with Crippen LogP contribution in [-0.2, 0) is 0 Å². The van der Waals surface area contributed by atoms with E-state index < -0.39 is 0 Å². The number of aromatic nitrogens is 2. The van der Waals surface area contributed by atoms with Crippen LogP contribution in [0.4, 0.5) is 0 Å². The van der Waals surface area contributed by atoms with Gasteiger partial charge in [-0.1, -0.05) is 24.3 Å². The SMILES string of the molecule is C=C(C)C(C)n1cnc2ccccc21. The van der Waals surface area contributed by atoms with E-state index in [1.807, 2.05) is 31.5 Å². The van der Waals surface area contributed by atoms with Crippen LogP contribution in [0.15, 0.2) is 42.7 Å². The summed E-state index contributed by atoms with van der Waals surface area (Å²) in [4.78, 5) is 4.34. The van der Waals surface area contributed by atoms with Crippen molar-refractivity contribution in [2.45, 2.75) is 19.9 Å². The maximum absolute atomic E-state index is 4.34. The van der Waals surface area contributed by atoms with Gasteiger partial charge >= 0.3 is 0 Å². The molecule has 1 heterocycles. The highest BCUT2D eigenvalue weighted by Crippen LogP contribution is 2.21. The second kappa shape index (κ2) is 3.29. The summed E-state index contributed by atoms with van der Waals surface area (Å²) in [5.74, 6) is 0. The van der Waals surface area contributed by atoms with E-state index in [4.69, 9.17) is 0 Å². The Balaban J connectivity index is 2.58. The normalized spacial score (nSPS) is 13.0. The Morgan fingerprint density at radius 2 is 2.14 bits per heavy atom. The van der Waals surface area contributed by atoms with Crippen molar-refractivity contribution in [3.8, 4) is 0 Å². The zero-order valence-electron chi connectivity index (χ0n) is 8.57. The summed E-state index contributed by atoms with van der Waals surface area (Å²) in [6.45, 7) is 8.15. The van der Waals surface area contributed by atoms with Crippen molar-refractivity contribution >= 4 is 11.0 Å². The molecular weight excluding hydrogens is 172 g/mol. The van der Waals surface area contributed by atoms with E-state index in [-0.39, 0.29) is 0 Å². The predicted molar refractivity (Wildman–Crippen MR) is 59.3 cm³/mol. The first-order chi connectivity index (χ1) is 6.70. The summed E-state index contributed by atoms with van der Waals surface area (Å²) in [5, 5.41) is 0. The van der Waals surface area contributed by atoms with Crippen molar-refractivity contribution in [3.05, 3.63) is 42.7 Å². The standard InChI is InChI=1S/C12H14N2/c1-9(2)10(3)14-8-13-11-6-4-5-7-12(11)14/h4-8,10H,1H2,2-3H3. The highest BCUT2D eigenvalue weighted by molar-refractivity contribution is 5.75. The van der Waals surface area contributed by atoms with Gasteiger partial charge in [-0.15, -0.1) is 0 Å². The largest absolute Gasteiger partial charge is 0.324 e. The fraction of sp³-hybridized carbons (Fsp3) is 0.250. The fourth-order valence-corrected chi connectivity index (χ4v) is 1.52. The third-order valence-electron chi connectivity index (χ3n) is 2.61. The molecule has 1 atom stereocenters. The van der Waals surface area contributed by atoms with E-state index in [1.165, 1.54) is 5.52 Å². The number of benzene rings is 1. The van der Waals surface area contributed by atoms with Crippen LogP contribution in [0.5, 0.6) is 0 Å². The summed E-state index contributed by atoms with van der Waals surface area (Å²) >= 11 is 0. The van der Waals surface area contributed by atoms with E-state index in [2.05, 4.69) is 29.1 Å². The van der Waals surface area contributed by atoms with E-state index >= 15 is 0 Å². The van der Waals surface area contributed by atoms with Gasteiger partial charge in [-0.25, -0.2) is 4.98 Å². The van der Waals surface area contributed by atoms with Gasteiger partial charge in [-0.05, 0) is 26.0 Å². The summed E-state index contributed by atoms with van der Waals surface area (Å²) in [6.07, 6.45) is 1.88. The van der Waals surface area contributed by atoms with Crippen molar-refractivity contribution in [2.75, 3.05) is 0 Å². The zero-order chi connectivity index (χ0) is 10.1. The van der Waals surface area contributed by atoms with Crippen LogP contribution in [0.3, 0.4) is 0 Å². The Hall–Kier alpha value is -1.57. The Labute approximate surface area is 83.9 Å². The van der Waals surface area contributed by atoms with Gasteiger partial charge < -0.3 is 4.57 Å². The highest BCUT2D eigenvalue weighted by atomic mass is 15.1. The molecule has 0 radical (unpaired) electrons. The Morgan fingerprint density at radius 1 is 1.43 bits per heavy atom. The van der Waals surface area contributed by atoms with E-state index in [1.54, 1.807) is 0 Å². The molecule has 2 rings (SSSR count). The minimum Gasteiger partial charge on any atom is -0.324 e. The van der Waals surface area contributed by atoms with Crippen LogP contribution in [0.25, 0.3) is 11.0 Å². The van der Waals surface area contributed by atoms with Gasteiger partial charge in [0, 0.05) is 0 Å². The van der Waals surface area contributed by atoms with Crippen LogP contribution in [-0.4, -0.2) is 9.55 Å². The number of para-hydroxylation sites is 2. The molecule has 0 spiro atoms. The van der Waals surface area contributed by atoms with Crippen molar-refractivity contribution in [2.24, 2.45) is 0 Å². The van der Waals surface area contributed by atoms with Crippen molar-refractivity contribution in [3.63, 3.8) is 0 Å². The lowest BCUT2D eigenvalue weighted by Crippen LogP contribution is -2.03. The smallest absolute Gasteiger partial charge is 0.0963 e. The molecule has 0 bridgehead atoms. The molecule has 2 heteroatoms. The summed E-state index contributed by atoms with van der Waals surface area (Å²) in [5.41, 5.74) is 3.36. The summed E-state index contributed by atoms with van der Waals surface area (Å²) in [7, 11) is 0. The van der Waals surface area contributed by atoms with Gasteiger partial charge in [-0.2, -0.15) is 0 Å². The molecule has 2 nitrogen and oxygen atoms in total. The zero-order valence-corrected chi connectivity index (χ0v) is 8.57. The van der Waals surface area contributed by atoms with E-state index in [9.17, 15) is 0 Å². The van der Waals surface area contributed by atoms with Crippen LogP contribution < -0.4 is 0 Å². The summed E-state index contributed by atoms with van der Waals surface area (Å²) < 4.78 is 2.15. The minimum absolute atomic E-state index is 0.308.